The number of fused-ring (bicyclic) bond motifs is 1. The van der Waals surface area contributed by atoms with E-state index < -0.39 is 17.6 Å². The van der Waals surface area contributed by atoms with Gasteiger partial charge in [-0.05, 0) is 67.4 Å². The van der Waals surface area contributed by atoms with Gasteiger partial charge in [0.1, 0.15) is 0 Å². The van der Waals surface area contributed by atoms with Gasteiger partial charge in [-0.1, -0.05) is 18.1 Å². The molecule has 39 heavy (non-hydrogen) atoms. The first-order valence-corrected chi connectivity index (χ1v) is 12.4. The second-order valence-corrected chi connectivity index (χ2v) is 9.50. The van der Waals surface area contributed by atoms with Gasteiger partial charge in [0.25, 0.3) is 5.91 Å². The Hall–Kier alpha value is -4.27. The minimum absolute atomic E-state index is 0.0728. The molecule has 8 nitrogen and oxygen atoms in total. The summed E-state index contributed by atoms with van der Waals surface area (Å²) in [6.07, 6.45) is -2.95. The molecule has 0 radical (unpaired) electrons. The highest BCUT2D eigenvalue weighted by molar-refractivity contribution is 6.04. The molecule has 1 saturated heterocycles. The number of anilines is 1. The van der Waals surface area contributed by atoms with Crippen LogP contribution in [0, 0.1) is 18.8 Å². The SMILES string of the molecule is Cc1ccc(C(=O)Nc2ccc(CN3CCN(C)CC3)c(C(F)(F)F)c2)cc1C#Cc1nnc2cccnn12. The number of benzene rings is 2. The van der Waals surface area contributed by atoms with Gasteiger partial charge in [-0.15, -0.1) is 10.2 Å². The third-order valence-corrected chi connectivity index (χ3v) is 6.65. The van der Waals surface area contributed by atoms with Crippen LogP contribution in [0.3, 0.4) is 0 Å². The van der Waals surface area contributed by atoms with E-state index in [1.165, 1.54) is 16.6 Å². The standard InChI is InChI=1S/C28H26F3N7O/c1-19-5-6-21(16-20(19)8-10-26-35-34-25-4-3-11-32-38(25)26)27(39)33-23-9-7-22(24(17-23)28(29,30)31)18-37-14-12-36(2)13-15-37/h3-7,9,11,16-17H,12-15,18H2,1-2H3,(H,33,39). The Kier molecular flexibility index (Phi) is 7.32. The molecule has 0 aliphatic carbocycles. The molecule has 1 aliphatic heterocycles. The highest BCUT2D eigenvalue weighted by atomic mass is 19.4. The van der Waals surface area contributed by atoms with Crippen molar-refractivity contribution < 1.29 is 18.0 Å². The number of amides is 1. The van der Waals surface area contributed by atoms with Crippen molar-refractivity contribution in [3.05, 3.63) is 88.4 Å². The van der Waals surface area contributed by atoms with Crippen molar-refractivity contribution in [2.75, 3.05) is 38.5 Å². The van der Waals surface area contributed by atoms with Gasteiger partial charge < -0.3 is 10.2 Å². The number of nitrogens with zero attached hydrogens (tertiary/aromatic N) is 6. The average Bonchev–Trinajstić information content (AvgIpc) is 3.33. The molecule has 0 unspecified atom stereocenters. The molecule has 0 bridgehead atoms. The van der Waals surface area contributed by atoms with Gasteiger partial charge >= 0.3 is 6.18 Å². The van der Waals surface area contributed by atoms with Gasteiger partial charge in [-0.25, -0.2) is 0 Å². The predicted molar refractivity (Wildman–Crippen MR) is 140 cm³/mol. The lowest BCUT2D eigenvalue weighted by atomic mass is 10.0. The molecule has 1 amide bonds. The molecule has 11 heteroatoms. The second kappa shape index (κ2) is 10.8. The van der Waals surface area contributed by atoms with Crippen molar-refractivity contribution in [1.29, 1.82) is 0 Å². The lowest BCUT2D eigenvalue weighted by Crippen LogP contribution is -2.44. The number of aromatic nitrogens is 4. The summed E-state index contributed by atoms with van der Waals surface area (Å²) < 4.78 is 43.3. The summed E-state index contributed by atoms with van der Waals surface area (Å²) in [4.78, 5) is 17.1. The minimum Gasteiger partial charge on any atom is -0.322 e. The Morgan fingerprint density at radius 3 is 2.59 bits per heavy atom. The van der Waals surface area contributed by atoms with Crippen LogP contribution in [0.4, 0.5) is 18.9 Å². The summed E-state index contributed by atoms with van der Waals surface area (Å²) in [5, 5.41) is 14.8. The molecular formula is C28H26F3N7O. The van der Waals surface area contributed by atoms with E-state index in [2.05, 4.69) is 37.4 Å². The van der Waals surface area contributed by atoms with E-state index in [0.717, 1.165) is 24.7 Å². The van der Waals surface area contributed by atoms with Crippen LogP contribution in [0.15, 0.2) is 54.7 Å². The van der Waals surface area contributed by atoms with Crippen molar-refractivity contribution in [3.8, 4) is 11.8 Å². The Balaban J connectivity index is 1.35. The third kappa shape index (κ3) is 6.08. The van der Waals surface area contributed by atoms with Gasteiger partial charge in [0, 0.05) is 55.7 Å². The highest BCUT2D eigenvalue weighted by Crippen LogP contribution is 2.34. The Morgan fingerprint density at radius 2 is 1.82 bits per heavy atom. The van der Waals surface area contributed by atoms with Gasteiger partial charge in [-0.2, -0.15) is 22.8 Å². The fourth-order valence-electron chi connectivity index (χ4n) is 4.35. The molecular weight excluding hydrogens is 507 g/mol. The number of likely N-dealkylation sites (N-methyl/N-ethyl adjacent to an activating group) is 1. The molecule has 1 N–H and O–H groups in total. The van der Waals surface area contributed by atoms with Crippen LogP contribution in [0.5, 0.6) is 0 Å². The second-order valence-electron chi connectivity index (χ2n) is 9.50. The number of hydrogen-bond acceptors (Lipinski definition) is 6. The zero-order chi connectivity index (χ0) is 27.6. The summed E-state index contributed by atoms with van der Waals surface area (Å²) >= 11 is 0. The molecule has 2 aromatic carbocycles. The van der Waals surface area contributed by atoms with Crippen molar-refractivity contribution in [3.63, 3.8) is 0 Å². The van der Waals surface area contributed by atoms with E-state index in [1.807, 2.05) is 18.9 Å². The third-order valence-electron chi connectivity index (χ3n) is 6.65. The summed E-state index contributed by atoms with van der Waals surface area (Å²) in [6.45, 7) is 5.08. The van der Waals surface area contributed by atoms with Crippen molar-refractivity contribution >= 4 is 17.2 Å². The van der Waals surface area contributed by atoms with Gasteiger partial charge in [0.2, 0.25) is 5.82 Å². The zero-order valence-corrected chi connectivity index (χ0v) is 21.5. The molecule has 200 valence electrons. The van der Waals surface area contributed by atoms with Crippen LogP contribution in [0.2, 0.25) is 0 Å². The number of carbonyl (C=O) groups excluding carboxylic acids is 1. The number of carbonyl (C=O) groups is 1. The van der Waals surface area contributed by atoms with E-state index in [-0.39, 0.29) is 23.4 Å². The Labute approximate surface area is 223 Å². The van der Waals surface area contributed by atoms with Crippen LogP contribution in [0.25, 0.3) is 5.65 Å². The number of piperazine rings is 1. The highest BCUT2D eigenvalue weighted by Gasteiger charge is 2.34. The number of halogens is 3. The van der Waals surface area contributed by atoms with Crippen LogP contribution in [0.1, 0.15) is 38.4 Å². The smallest absolute Gasteiger partial charge is 0.322 e. The normalized spacial score (nSPS) is 14.7. The molecule has 1 aliphatic rings. The first-order valence-electron chi connectivity index (χ1n) is 12.4. The number of rotatable bonds is 4. The number of nitrogens with one attached hydrogen (secondary N) is 1. The molecule has 1 fully saturated rings. The molecule has 0 atom stereocenters. The summed E-state index contributed by atoms with van der Waals surface area (Å²) in [5.74, 6) is 5.72. The van der Waals surface area contributed by atoms with Gasteiger partial charge in [0.05, 0.1) is 5.56 Å². The summed E-state index contributed by atoms with van der Waals surface area (Å²) in [5.41, 5.74) is 1.74. The quantitative estimate of drug-likeness (QED) is 0.402. The van der Waals surface area contributed by atoms with Crippen molar-refractivity contribution in [1.82, 2.24) is 29.6 Å². The maximum atomic E-state index is 13.9. The largest absolute Gasteiger partial charge is 0.416 e. The molecule has 4 aromatic rings. The summed E-state index contributed by atoms with van der Waals surface area (Å²) in [7, 11) is 2.00. The first-order chi connectivity index (χ1) is 18.7. The Morgan fingerprint density at radius 1 is 1.03 bits per heavy atom. The number of aryl methyl sites for hydroxylation is 1. The number of hydrogen-bond donors (Lipinski definition) is 1. The maximum absolute atomic E-state index is 13.9. The monoisotopic (exact) mass is 533 g/mol. The van der Waals surface area contributed by atoms with Crippen LogP contribution < -0.4 is 5.32 Å². The van der Waals surface area contributed by atoms with Crippen LogP contribution in [-0.4, -0.2) is 68.7 Å². The topological polar surface area (TPSA) is 78.7 Å². The average molecular weight is 534 g/mol. The molecule has 0 saturated carbocycles. The van der Waals surface area contributed by atoms with Crippen molar-refractivity contribution in [2.24, 2.45) is 0 Å². The van der Waals surface area contributed by atoms with E-state index >= 15 is 0 Å². The summed E-state index contributed by atoms with van der Waals surface area (Å²) in [6, 6.07) is 12.4. The molecule has 2 aromatic heterocycles. The Bertz CT molecular complexity index is 1580. The van der Waals surface area contributed by atoms with E-state index in [4.69, 9.17) is 0 Å². The zero-order valence-electron chi connectivity index (χ0n) is 21.5. The van der Waals surface area contributed by atoms with Gasteiger partial charge in [0.15, 0.2) is 5.65 Å². The van der Waals surface area contributed by atoms with E-state index in [0.29, 0.717) is 30.1 Å². The first kappa shape index (κ1) is 26.3. The molecule has 3 heterocycles. The van der Waals surface area contributed by atoms with E-state index in [9.17, 15) is 18.0 Å². The fraction of sp³-hybridized carbons (Fsp3) is 0.286. The lowest BCUT2D eigenvalue weighted by Gasteiger charge is -2.33. The maximum Gasteiger partial charge on any atom is 0.416 e. The number of alkyl halides is 3. The van der Waals surface area contributed by atoms with Gasteiger partial charge in [-0.3, -0.25) is 9.69 Å². The van der Waals surface area contributed by atoms with E-state index in [1.54, 1.807) is 36.5 Å². The molecule has 5 rings (SSSR count). The lowest BCUT2D eigenvalue weighted by molar-refractivity contribution is -0.138. The van der Waals surface area contributed by atoms with Crippen molar-refractivity contribution in [2.45, 2.75) is 19.6 Å². The predicted octanol–water partition coefficient (Wildman–Crippen LogP) is 3.85. The van der Waals surface area contributed by atoms with Crippen LogP contribution >= 0.6 is 0 Å². The van der Waals surface area contributed by atoms with Crippen LogP contribution in [-0.2, 0) is 12.7 Å². The fourth-order valence-corrected chi connectivity index (χ4v) is 4.35. The minimum atomic E-state index is -4.55. The molecule has 0 spiro atoms.